The molecule has 0 N–H and O–H groups in total. The van der Waals surface area contributed by atoms with Gasteiger partial charge in [0.15, 0.2) is 0 Å². The maximum Gasteiger partial charge on any atom is 0.330 e. The third kappa shape index (κ3) is 4.47. The van der Waals surface area contributed by atoms with Gasteiger partial charge in [0.2, 0.25) is 0 Å². The molecule has 0 bridgehead atoms. The lowest BCUT2D eigenvalue weighted by molar-refractivity contribution is -0.146. The molecule has 3 heterocycles. The Bertz CT molecular complexity index is 671. The number of hydrazone groups is 2. The highest BCUT2D eigenvalue weighted by atomic mass is 16.5. The van der Waals surface area contributed by atoms with E-state index in [0.717, 1.165) is 25.7 Å². The van der Waals surface area contributed by atoms with Gasteiger partial charge in [-0.2, -0.15) is 10.2 Å². The Morgan fingerprint density at radius 1 is 0.963 bits per heavy atom. The molecule has 0 radical (unpaired) electrons. The minimum Gasteiger partial charge on any atom is -0.467 e. The van der Waals surface area contributed by atoms with Crippen molar-refractivity contribution in [1.29, 1.82) is 0 Å². The highest BCUT2D eigenvalue weighted by Gasteiger charge is 2.31. The summed E-state index contributed by atoms with van der Waals surface area (Å²) in [5, 5.41) is 12.1. The summed E-state index contributed by atoms with van der Waals surface area (Å²) >= 11 is 0. The Kier molecular flexibility index (Phi) is 6.10. The van der Waals surface area contributed by atoms with Gasteiger partial charge in [-0.25, -0.2) is 9.59 Å². The van der Waals surface area contributed by atoms with E-state index >= 15 is 0 Å². The Morgan fingerprint density at radius 3 is 1.81 bits per heavy atom. The van der Waals surface area contributed by atoms with E-state index in [4.69, 9.17) is 13.9 Å². The van der Waals surface area contributed by atoms with Gasteiger partial charge in [-0.05, 0) is 37.8 Å². The van der Waals surface area contributed by atoms with Crippen LogP contribution in [0, 0.1) is 0 Å². The number of hydrogen-bond acceptors (Lipinski definition) is 9. The lowest BCUT2D eigenvalue weighted by Gasteiger charge is -2.18. The van der Waals surface area contributed by atoms with Crippen molar-refractivity contribution in [2.75, 3.05) is 27.3 Å². The fourth-order valence-electron chi connectivity index (χ4n) is 3.30. The van der Waals surface area contributed by atoms with Gasteiger partial charge < -0.3 is 13.9 Å². The number of hydrogen-bond donors (Lipinski definition) is 0. The van der Waals surface area contributed by atoms with Gasteiger partial charge in [0, 0.05) is 13.1 Å². The molecular weight excluding hydrogens is 352 g/mol. The summed E-state index contributed by atoms with van der Waals surface area (Å²) in [6.07, 6.45) is 6.40. The first kappa shape index (κ1) is 18.9. The second-order valence-electron chi connectivity index (χ2n) is 6.42. The highest BCUT2D eigenvalue weighted by molar-refractivity contribution is 5.81. The molecule has 0 saturated carbocycles. The molecule has 0 unspecified atom stereocenters. The molecule has 0 amide bonds. The number of rotatable bonds is 6. The van der Waals surface area contributed by atoms with Crippen molar-refractivity contribution in [3.05, 3.63) is 23.7 Å². The Hall–Kier alpha value is -2.84. The fraction of sp³-hybridized carbons (Fsp3) is 0.556. The lowest BCUT2D eigenvalue weighted by atomic mass is 10.2. The van der Waals surface area contributed by atoms with E-state index in [0.29, 0.717) is 24.6 Å². The zero-order valence-electron chi connectivity index (χ0n) is 15.5. The molecule has 27 heavy (non-hydrogen) atoms. The monoisotopic (exact) mass is 376 g/mol. The van der Waals surface area contributed by atoms with Crippen molar-refractivity contribution in [1.82, 2.24) is 10.0 Å². The summed E-state index contributed by atoms with van der Waals surface area (Å²) in [6.45, 7) is 1.41. The molecule has 2 aliphatic rings. The summed E-state index contributed by atoms with van der Waals surface area (Å²) in [6, 6.07) is 2.87. The van der Waals surface area contributed by atoms with Gasteiger partial charge in [0.25, 0.3) is 0 Å². The van der Waals surface area contributed by atoms with Gasteiger partial charge in [0.1, 0.15) is 23.6 Å². The predicted octanol–water partition coefficient (Wildman–Crippen LogP) is 1.22. The molecule has 146 valence electrons. The standard InChI is InChI=1S/C18H24N4O5/c1-25-17(23)15-5-3-9-21(15)19-11-13-7-8-14(27-13)12-20-22-10-4-6-16(22)18(24)26-2/h7-8,11-12,15-16H,3-6,9-10H2,1-2H3/t15-,16-/m0/s1. The van der Waals surface area contributed by atoms with Crippen molar-refractivity contribution in [3.63, 3.8) is 0 Å². The van der Waals surface area contributed by atoms with Gasteiger partial charge in [-0.15, -0.1) is 0 Å². The SMILES string of the molecule is COC(=O)[C@@H]1CCCN1N=Cc1ccc(C=NN2CCC[C@H]2C(=O)OC)o1. The molecule has 0 aliphatic carbocycles. The molecule has 2 atom stereocenters. The first-order chi connectivity index (χ1) is 13.1. The van der Waals surface area contributed by atoms with E-state index in [1.807, 2.05) is 0 Å². The van der Waals surface area contributed by atoms with E-state index in [1.54, 1.807) is 34.6 Å². The third-order valence-corrected chi connectivity index (χ3v) is 4.71. The summed E-state index contributed by atoms with van der Waals surface area (Å²) in [5.41, 5.74) is 0. The van der Waals surface area contributed by atoms with E-state index in [9.17, 15) is 9.59 Å². The van der Waals surface area contributed by atoms with Crippen LogP contribution in [-0.4, -0.2) is 73.8 Å². The molecule has 0 spiro atoms. The summed E-state index contributed by atoms with van der Waals surface area (Å²) in [5.74, 6) is 0.557. The maximum absolute atomic E-state index is 11.7. The average Bonchev–Trinajstić information content (AvgIpc) is 3.43. The molecule has 9 nitrogen and oxygen atoms in total. The van der Waals surface area contributed by atoms with Crippen LogP contribution in [0.2, 0.25) is 0 Å². The molecule has 2 fully saturated rings. The second kappa shape index (κ2) is 8.70. The Morgan fingerprint density at radius 2 is 1.41 bits per heavy atom. The van der Waals surface area contributed by atoms with Crippen LogP contribution in [0.4, 0.5) is 0 Å². The quantitative estimate of drug-likeness (QED) is 0.544. The van der Waals surface area contributed by atoms with Crippen LogP contribution >= 0.6 is 0 Å². The zero-order chi connectivity index (χ0) is 19.2. The van der Waals surface area contributed by atoms with Crippen LogP contribution in [0.25, 0.3) is 0 Å². The molecule has 3 rings (SSSR count). The van der Waals surface area contributed by atoms with Crippen molar-refractivity contribution < 1.29 is 23.5 Å². The van der Waals surface area contributed by atoms with Crippen molar-refractivity contribution in [3.8, 4) is 0 Å². The second-order valence-corrected chi connectivity index (χ2v) is 6.42. The molecule has 0 aromatic carbocycles. The largest absolute Gasteiger partial charge is 0.467 e. The minimum atomic E-state index is -0.340. The Labute approximate surface area is 157 Å². The normalized spacial score (nSPS) is 22.9. The van der Waals surface area contributed by atoms with Crippen molar-refractivity contribution >= 4 is 24.4 Å². The number of nitrogens with zero attached hydrogens (tertiary/aromatic N) is 4. The number of carbonyl (C=O) groups is 2. The molecule has 2 aliphatic heterocycles. The topological polar surface area (TPSA) is 96.9 Å². The third-order valence-electron chi connectivity index (χ3n) is 4.71. The van der Waals surface area contributed by atoms with Crippen LogP contribution in [0.1, 0.15) is 37.2 Å². The maximum atomic E-state index is 11.7. The van der Waals surface area contributed by atoms with E-state index in [-0.39, 0.29) is 24.0 Å². The van der Waals surface area contributed by atoms with Crippen molar-refractivity contribution in [2.45, 2.75) is 37.8 Å². The number of esters is 2. The number of furan rings is 1. The van der Waals surface area contributed by atoms with Crippen LogP contribution in [0.3, 0.4) is 0 Å². The van der Waals surface area contributed by atoms with Gasteiger partial charge in [-0.3, -0.25) is 10.0 Å². The highest BCUT2D eigenvalue weighted by Crippen LogP contribution is 2.20. The zero-order valence-corrected chi connectivity index (χ0v) is 15.5. The van der Waals surface area contributed by atoms with E-state index in [1.165, 1.54) is 14.2 Å². The van der Waals surface area contributed by atoms with Gasteiger partial charge in [0.05, 0.1) is 26.6 Å². The van der Waals surface area contributed by atoms with Crippen LogP contribution in [0.5, 0.6) is 0 Å². The van der Waals surface area contributed by atoms with Crippen LogP contribution < -0.4 is 0 Å². The average molecular weight is 376 g/mol. The minimum absolute atomic E-state index is 0.275. The van der Waals surface area contributed by atoms with Gasteiger partial charge >= 0.3 is 11.9 Å². The van der Waals surface area contributed by atoms with E-state index in [2.05, 4.69) is 10.2 Å². The van der Waals surface area contributed by atoms with Crippen molar-refractivity contribution in [2.24, 2.45) is 10.2 Å². The smallest absolute Gasteiger partial charge is 0.330 e. The summed E-state index contributed by atoms with van der Waals surface area (Å²) in [7, 11) is 2.76. The molecular formula is C18H24N4O5. The fourth-order valence-corrected chi connectivity index (χ4v) is 3.30. The lowest BCUT2D eigenvalue weighted by Crippen LogP contribution is -2.33. The number of carbonyl (C=O) groups excluding carboxylic acids is 2. The predicted molar refractivity (Wildman–Crippen MR) is 97.4 cm³/mol. The molecule has 1 aromatic rings. The van der Waals surface area contributed by atoms with E-state index < -0.39 is 0 Å². The first-order valence-electron chi connectivity index (χ1n) is 8.99. The van der Waals surface area contributed by atoms with Gasteiger partial charge in [-0.1, -0.05) is 0 Å². The summed E-state index contributed by atoms with van der Waals surface area (Å²) in [4.78, 5) is 23.5. The van der Waals surface area contributed by atoms with Crippen LogP contribution in [-0.2, 0) is 19.1 Å². The van der Waals surface area contributed by atoms with Crippen LogP contribution in [0.15, 0.2) is 26.8 Å². The molecule has 9 heteroatoms. The number of ether oxygens (including phenoxy) is 2. The number of methoxy groups -OCH3 is 2. The molecule has 2 saturated heterocycles. The summed E-state index contributed by atoms with van der Waals surface area (Å²) < 4.78 is 15.3. The molecule has 1 aromatic heterocycles. The Balaban J connectivity index is 1.60. The first-order valence-corrected chi connectivity index (χ1v) is 8.99.